The number of hydrogen-bond acceptors (Lipinski definition) is 2. The number of nitrogens with zero attached hydrogens (tertiary/aromatic N) is 2. The van der Waals surface area contributed by atoms with Gasteiger partial charge in [-0.25, -0.2) is 0 Å². The summed E-state index contributed by atoms with van der Waals surface area (Å²) in [5.41, 5.74) is 3.13. The molecule has 0 amide bonds. The van der Waals surface area contributed by atoms with Crippen molar-refractivity contribution in [3.05, 3.63) is 53.3 Å². The number of hydrogen-bond donors (Lipinski definition) is 1. The molecule has 0 bridgehead atoms. The smallest absolute Gasteiger partial charge is 0.0807 e. The van der Waals surface area contributed by atoms with Crippen molar-refractivity contribution in [3.63, 3.8) is 0 Å². The molecule has 0 aliphatic heterocycles. The highest BCUT2D eigenvalue weighted by Gasteiger charge is 2.08. The van der Waals surface area contributed by atoms with Gasteiger partial charge in [-0.2, -0.15) is 5.10 Å². The molecule has 90 valence electrons. The molecule has 0 saturated heterocycles. The molecule has 0 radical (unpaired) electrons. The molecule has 1 heterocycles. The molecule has 0 aliphatic rings. The van der Waals surface area contributed by atoms with Crippen LogP contribution in [0.1, 0.15) is 29.5 Å². The van der Waals surface area contributed by atoms with E-state index in [0.717, 1.165) is 23.5 Å². The molecule has 0 aliphatic carbocycles. The van der Waals surface area contributed by atoms with Crippen molar-refractivity contribution in [3.8, 4) is 0 Å². The lowest BCUT2D eigenvalue weighted by Crippen LogP contribution is -2.07. The van der Waals surface area contributed by atoms with Gasteiger partial charge in [0.25, 0.3) is 0 Å². The van der Waals surface area contributed by atoms with E-state index in [0.29, 0.717) is 6.42 Å². The predicted molar refractivity (Wildman–Crippen MR) is 67.7 cm³/mol. The Morgan fingerprint density at radius 2 is 1.94 bits per heavy atom. The summed E-state index contributed by atoms with van der Waals surface area (Å²) in [4.78, 5) is 0. The van der Waals surface area contributed by atoms with Crippen molar-refractivity contribution < 1.29 is 5.11 Å². The zero-order valence-corrected chi connectivity index (χ0v) is 10.3. The van der Waals surface area contributed by atoms with Crippen LogP contribution in [0.15, 0.2) is 36.4 Å². The third kappa shape index (κ3) is 2.94. The molecule has 1 aromatic heterocycles. The van der Waals surface area contributed by atoms with Gasteiger partial charge in [0.1, 0.15) is 0 Å². The van der Waals surface area contributed by atoms with Crippen LogP contribution in [0.3, 0.4) is 0 Å². The van der Waals surface area contributed by atoms with E-state index in [9.17, 15) is 5.11 Å². The second-order valence-electron chi connectivity index (χ2n) is 4.37. The average molecular weight is 230 g/mol. The molecule has 1 N–H and O–H groups in total. The Kier molecular flexibility index (Phi) is 3.59. The Labute approximate surface area is 102 Å². The predicted octanol–water partition coefficient (Wildman–Crippen LogP) is 2.62. The van der Waals surface area contributed by atoms with Gasteiger partial charge in [0.2, 0.25) is 0 Å². The average Bonchev–Trinajstić information content (AvgIpc) is 2.66. The van der Waals surface area contributed by atoms with Crippen molar-refractivity contribution in [1.82, 2.24) is 9.78 Å². The molecule has 3 nitrogen and oxygen atoms in total. The summed E-state index contributed by atoms with van der Waals surface area (Å²) in [6, 6.07) is 11.8. The van der Waals surface area contributed by atoms with E-state index in [4.69, 9.17) is 0 Å². The van der Waals surface area contributed by atoms with E-state index < -0.39 is 6.10 Å². The third-order valence-corrected chi connectivity index (χ3v) is 2.90. The lowest BCUT2D eigenvalue weighted by atomic mass is 10.1. The summed E-state index contributed by atoms with van der Waals surface area (Å²) in [5.74, 6) is 0. The largest absolute Gasteiger partial charge is 0.388 e. The first-order valence-corrected chi connectivity index (χ1v) is 5.91. The van der Waals surface area contributed by atoms with Gasteiger partial charge < -0.3 is 5.11 Å². The van der Waals surface area contributed by atoms with E-state index in [2.05, 4.69) is 11.2 Å². The van der Waals surface area contributed by atoms with Gasteiger partial charge in [-0.05, 0) is 31.9 Å². The van der Waals surface area contributed by atoms with Crippen LogP contribution < -0.4 is 0 Å². The normalized spacial score (nSPS) is 12.6. The fourth-order valence-electron chi connectivity index (χ4n) is 1.99. The third-order valence-electron chi connectivity index (χ3n) is 2.90. The van der Waals surface area contributed by atoms with Crippen LogP contribution in [0, 0.1) is 13.8 Å². The van der Waals surface area contributed by atoms with Gasteiger partial charge in [-0.3, -0.25) is 4.68 Å². The standard InChI is InChI=1S/C14H18N2O/c1-11-10-12(2)16(15-11)9-8-14(17)13-6-4-3-5-7-13/h3-7,10,14,17H,8-9H2,1-2H3. The SMILES string of the molecule is Cc1cc(C)n(CCC(O)c2ccccc2)n1. The molecule has 2 aromatic rings. The fraction of sp³-hybridized carbons (Fsp3) is 0.357. The van der Waals surface area contributed by atoms with Crippen molar-refractivity contribution in [2.75, 3.05) is 0 Å². The van der Waals surface area contributed by atoms with Gasteiger partial charge in [-0.15, -0.1) is 0 Å². The van der Waals surface area contributed by atoms with Gasteiger partial charge in [0.05, 0.1) is 11.8 Å². The molecule has 0 fully saturated rings. The number of aliphatic hydroxyl groups excluding tert-OH is 1. The minimum Gasteiger partial charge on any atom is -0.388 e. The molecule has 17 heavy (non-hydrogen) atoms. The van der Waals surface area contributed by atoms with E-state index in [1.54, 1.807) is 0 Å². The van der Waals surface area contributed by atoms with Gasteiger partial charge in [0, 0.05) is 12.2 Å². The van der Waals surface area contributed by atoms with Crippen molar-refractivity contribution >= 4 is 0 Å². The zero-order chi connectivity index (χ0) is 12.3. The highest BCUT2D eigenvalue weighted by molar-refractivity contribution is 5.17. The molecule has 1 unspecified atom stereocenters. The molecular formula is C14H18N2O. The van der Waals surface area contributed by atoms with Crippen molar-refractivity contribution in [2.45, 2.75) is 32.9 Å². The van der Waals surface area contributed by atoms with Crippen LogP contribution in [-0.4, -0.2) is 14.9 Å². The highest BCUT2D eigenvalue weighted by atomic mass is 16.3. The Morgan fingerprint density at radius 3 is 2.53 bits per heavy atom. The van der Waals surface area contributed by atoms with Gasteiger partial charge in [-0.1, -0.05) is 30.3 Å². The summed E-state index contributed by atoms with van der Waals surface area (Å²) in [5, 5.41) is 14.4. The van der Waals surface area contributed by atoms with Gasteiger partial charge in [0.15, 0.2) is 0 Å². The number of aliphatic hydroxyl groups is 1. The monoisotopic (exact) mass is 230 g/mol. The fourth-order valence-corrected chi connectivity index (χ4v) is 1.99. The molecule has 2 rings (SSSR count). The topological polar surface area (TPSA) is 38.0 Å². The minimum absolute atomic E-state index is 0.417. The summed E-state index contributed by atoms with van der Waals surface area (Å²) in [6.07, 6.45) is 0.270. The minimum atomic E-state index is -0.417. The van der Waals surface area contributed by atoms with Crippen molar-refractivity contribution in [2.24, 2.45) is 0 Å². The van der Waals surface area contributed by atoms with Crippen molar-refractivity contribution in [1.29, 1.82) is 0 Å². The quantitative estimate of drug-likeness (QED) is 0.876. The number of aryl methyl sites for hydroxylation is 3. The number of rotatable bonds is 4. The maximum atomic E-state index is 10.0. The van der Waals surface area contributed by atoms with Crippen LogP contribution in [0.2, 0.25) is 0 Å². The highest BCUT2D eigenvalue weighted by Crippen LogP contribution is 2.17. The van der Waals surface area contributed by atoms with Crippen LogP contribution >= 0.6 is 0 Å². The number of benzene rings is 1. The first-order chi connectivity index (χ1) is 8.16. The second kappa shape index (κ2) is 5.15. The molecule has 3 heteroatoms. The Bertz CT molecular complexity index is 476. The van der Waals surface area contributed by atoms with Crippen LogP contribution in [-0.2, 0) is 6.54 Å². The lowest BCUT2D eigenvalue weighted by molar-refractivity contribution is 0.159. The summed E-state index contributed by atoms with van der Waals surface area (Å²) >= 11 is 0. The Balaban J connectivity index is 1.97. The molecule has 0 spiro atoms. The maximum Gasteiger partial charge on any atom is 0.0807 e. The molecule has 1 atom stereocenters. The van der Waals surface area contributed by atoms with E-state index in [-0.39, 0.29) is 0 Å². The van der Waals surface area contributed by atoms with E-state index in [1.165, 1.54) is 0 Å². The van der Waals surface area contributed by atoms with E-state index >= 15 is 0 Å². The maximum absolute atomic E-state index is 10.0. The van der Waals surface area contributed by atoms with Gasteiger partial charge >= 0.3 is 0 Å². The lowest BCUT2D eigenvalue weighted by Gasteiger charge is -2.11. The molecule has 0 saturated carbocycles. The van der Waals surface area contributed by atoms with Crippen LogP contribution in [0.25, 0.3) is 0 Å². The Morgan fingerprint density at radius 1 is 1.24 bits per heavy atom. The molecular weight excluding hydrogens is 212 g/mol. The summed E-state index contributed by atoms with van der Waals surface area (Å²) in [6.45, 7) is 4.77. The first-order valence-electron chi connectivity index (χ1n) is 5.91. The van der Waals surface area contributed by atoms with Crippen LogP contribution in [0.5, 0.6) is 0 Å². The van der Waals surface area contributed by atoms with E-state index in [1.807, 2.05) is 48.9 Å². The summed E-state index contributed by atoms with van der Waals surface area (Å²) in [7, 11) is 0. The Hall–Kier alpha value is -1.61. The number of aromatic nitrogens is 2. The summed E-state index contributed by atoms with van der Waals surface area (Å²) < 4.78 is 1.95. The second-order valence-corrected chi connectivity index (χ2v) is 4.37. The molecule has 1 aromatic carbocycles. The zero-order valence-electron chi connectivity index (χ0n) is 10.3. The first kappa shape index (κ1) is 11.9. The van der Waals surface area contributed by atoms with Crippen LogP contribution in [0.4, 0.5) is 0 Å².